The van der Waals surface area contributed by atoms with Gasteiger partial charge in [0.15, 0.2) is 24.5 Å². The van der Waals surface area contributed by atoms with Crippen molar-refractivity contribution in [2.75, 3.05) is 6.61 Å². The van der Waals surface area contributed by atoms with E-state index in [1.54, 1.807) is 0 Å². The second-order valence-electron chi connectivity index (χ2n) is 9.85. The van der Waals surface area contributed by atoms with Crippen molar-refractivity contribution >= 4 is 46.8 Å². The smallest absolute Gasteiger partial charge is 0.303 e. The van der Waals surface area contributed by atoms with E-state index in [4.69, 9.17) is 28.4 Å². The molecule has 0 amide bonds. The summed E-state index contributed by atoms with van der Waals surface area (Å²) in [6.45, 7) is 4.47. The summed E-state index contributed by atoms with van der Waals surface area (Å²) in [6.07, 6.45) is -6.25. The van der Waals surface area contributed by atoms with Gasteiger partial charge in [0.2, 0.25) is 0 Å². The van der Waals surface area contributed by atoms with Gasteiger partial charge < -0.3 is 23.7 Å². The van der Waals surface area contributed by atoms with E-state index in [1.807, 2.05) is 91.0 Å². The predicted octanol–water partition coefficient (Wildman–Crippen LogP) is 3.25. The van der Waals surface area contributed by atoms with Crippen LogP contribution in [0.4, 0.5) is 0 Å². The lowest BCUT2D eigenvalue weighted by Gasteiger charge is -2.44. The Hall–Kier alpha value is -4.27. The molecule has 43 heavy (non-hydrogen) atoms. The highest BCUT2D eigenvalue weighted by atomic mass is 31.2. The zero-order valence-electron chi connectivity index (χ0n) is 24.3. The Bertz CT molecular complexity index is 1380. The molecule has 0 spiro atoms. The molecule has 0 unspecified atom stereocenters. The maximum Gasteiger partial charge on any atom is 0.303 e. The van der Waals surface area contributed by atoms with Crippen LogP contribution in [0.3, 0.4) is 0 Å². The standard InChI is InChI=1S/C32H34NO9P/c1-21(34)38-20-28-29(39-22(2)35)30(40-23(3)36)31(41-24(4)37)32(42-28)33-43(25-14-8-5-9-15-25,26-16-10-6-11-17-26)27-18-12-7-13-19-27/h5-19,28-32H,20H2,1-4H3/t28-,29-,30+,31-,32-/m1/s1. The Labute approximate surface area is 250 Å². The van der Waals surface area contributed by atoms with Crippen LogP contribution in [0.5, 0.6) is 0 Å². The number of esters is 4. The minimum Gasteiger partial charge on any atom is -0.463 e. The van der Waals surface area contributed by atoms with Crippen LogP contribution in [0, 0.1) is 0 Å². The second kappa shape index (κ2) is 14.3. The van der Waals surface area contributed by atoms with Gasteiger partial charge in [0.05, 0.1) is 7.05 Å². The number of hydrogen-bond donors (Lipinski definition) is 0. The number of carbonyl (C=O) groups excluding carboxylic acids is 4. The van der Waals surface area contributed by atoms with Crippen molar-refractivity contribution in [3.8, 4) is 0 Å². The van der Waals surface area contributed by atoms with E-state index in [2.05, 4.69) is 0 Å². The molecule has 1 heterocycles. The summed E-state index contributed by atoms with van der Waals surface area (Å²) in [6, 6.07) is 29.1. The third kappa shape index (κ3) is 7.58. The Morgan fingerprint density at radius 3 is 1.40 bits per heavy atom. The summed E-state index contributed by atoms with van der Waals surface area (Å²) in [4.78, 5) is 48.8. The van der Waals surface area contributed by atoms with Gasteiger partial charge in [0.1, 0.15) is 12.7 Å². The minimum atomic E-state index is -2.92. The topological polar surface area (TPSA) is 127 Å². The first-order valence-corrected chi connectivity index (χ1v) is 15.4. The van der Waals surface area contributed by atoms with Crippen LogP contribution in [0.2, 0.25) is 0 Å². The van der Waals surface area contributed by atoms with Crippen LogP contribution in [-0.2, 0) is 42.9 Å². The molecule has 1 aliphatic heterocycles. The largest absolute Gasteiger partial charge is 0.463 e. The second-order valence-corrected chi connectivity index (χ2v) is 12.9. The van der Waals surface area contributed by atoms with E-state index in [1.165, 1.54) is 27.7 Å². The van der Waals surface area contributed by atoms with Gasteiger partial charge in [-0.3, -0.25) is 23.9 Å². The third-order valence-electron chi connectivity index (χ3n) is 6.64. The molecule has 226 valence electrons. The average Bonchev–Trinajstić information content (AvgIpc) is 2.98. The summed E-state index contributed by atoms with van der Waals surface area (Å²) in [7, 11) is -2.92. The van der Waals surface area contributed by atoms with Crippen molar-refractivity contribution in [3.05, 3.63) is 91.0 Å². The molecule has 0 aliphatic carbocycles. The highest BCUT2D eigenvalue weighted by Crippen LogP contribution is 2.48. The minimum absolute atomic E-state index is 0.336. The van der Waals surface area contributed by atoms with Crippen molar-refractivity contribution in [1.29, 1.82) is 0 Å². The predicted molar refractivity (Wildman–Crippen MR) is 160 cm³/mol. The molecule has 1 fully saturated rings. The Morgan fingerprint density at radius 2 is 1.00 bits per heavy atom. The van der Waals surface area contributed by atoms with Gasteiger partial charge >= 0.3 is 23.9 Å². The van der Waals surface area contributed by atoms with Crippen molar-refractivity contribution in [2.45, 2.75) is 58.3 Å². The van der Waals surface area contributed by atoms with Gasteiger partial charge in [-0.1, -0.05) is 91.0 Å². The Morgan fingerprint density at radius 1 is 0.605 bits per heavy atom. The lowest BCUT2D eigenvalue weighted by molar-refractivity contribution is -0.250. The first-order valence-electron chi connectivity index (χ1n) is 13.7. The molecule has 4 rings (SSSR count). The number of nitrogens with zero attached hydrogens (tertiary/aromatic N) is 1. The molecule has 0 N–H and O–H groups in total. The fourth-order valence-corrected chi connectivity index (χ4v) is 8.68. The third-order valence-corrected chi connectivity index (χ3v) is 10.4. The molecule has 5 atom stereocenters. The normalized spacial score (nSPS) is 21.6. The highest BCUT2D eigenvalue weighted by molar-refractivity contribution is 7.87. The van der Waals surface area contributed by atoms with E-state index < -0.39 is 61.6 Å². The van der Waals surface area contributed by atoms with E-state index in [0.717, 1.165) is 15.9 Å². The van der Waals surface area contributed by atoms with Crippen molar-refractivity contribution < 1.29 is 42.9 Å². The number of benzene rings is 3. The van der Waals surface area contributed by atoms with Gasteiger partial charge in [-0.25, -0.2) is 0 Å². The van der Waals surface area contributed by atoms with Crippen LogP contribution in [-0.4, -0.2) is 61.1 Å². The zero-order chi connectivity index (χ0) is 31.0. The molecule has 1 saturated heterocycles. The summed E-state index contributed by atoms with van der Waals surface area (Å²) >= 11 is 0. The van der Waals surface area contributed by atoms with Crippen molar-refractivity contribution in [2.24, 2.45) is 4.74 Å². The monoisotopic (exact) mass is 607 g/mol. The maximum atomic E-state index is 12.5. The summed E-state index contributed by atoms with van der Waals surface area (Å²) in [5.41, 5.74) is 0. The van der Waals surface area contributed by atoms with E-state index >= 15 is 0 Å². The number of carbonyl (C=O) groups is 4. The van der Waals surface area contributed by atoms with Crippen molar-refractivity contribution in [3.63, 3.8) is 0 Å². The lowest BCUT2D eigenvalue weighted by Crippen LogP contribution is -2.62. The van der Waals surface area contributed by atoms with Crippen LogP contribution < -0.4 is 15.9 Å². The van der Waals surface area contributed by atoms with E-state index in [-0.39, 0.29) is 6.61 Å². The molecular weight excluding hydrogens is 573 g/mol. The number of hydrogen-bond acceptors (Lipinski definition) is 10. The molecule has 11 heteroatoms. The van der Waals surface area contributed by atoms with Gasteiger partial charge in [0.25, 0.3) is 0 Å². The molecule has 3 aromatic rings. The highest BCUT2D eigenvalue weighted by Gasteiger charge is 2.53. The quantitative estimate of drug-likeness (QED) is 0.205. The van der Waals surface area contributed by atoms with Gasteiger partial charge in [-0.15, -0.1) is 0 Å². The van der Waals surface area contributed by atoms with E-state index in [0.29, 0.717) is 0 Å². The van der Waals surface area contributed by atoms with Crippen molar-refractivity contribution in [1.82, 2.24) is 0 Å². The number of ether oxygens (including phenoxy) is 5. The van der Waals surface area contributed by atoms with Crippen LogP contribution in [0.25, 0.3) is 0 Å². The molecule has 0 bridgehead atoms. The average molecular weight is 608 g/mol. The van der Waals surface area contributed by atoms with Gasteiger partial charge in [0, 0.05) is 43.6 Å². The Kier molecular flexibility index (Phi) is 10.5. The zero-order valence-corrected chi connectivity index (χ0v) is 25.2. The fourth-order valence-electron chi connectivity index (χ4n) is 5.05. The van der Waals surface area contributed by atoms with Crippen LogP contribution >= 0.6 is 7.05 Å². The molecule has 0 aromatic heterocycles. The summed E-state index contributed by atoms with van der Waals surface area (Å²) < 4.78 is 34.0. The van der Waals surface area contributed by atoms with E-state index in [9.17, 15) is 19.2 Å². The summed E-state index contributed by atoms with van der Waals surface area (Å²) in [5.74, 6) is -2.68. The molecule has 3 aromatic carbocycles. The molecule has 0 saturated carbocycles. The van der Waals surface area contributed by atoms with Crippen LogP contribution in [0.1, 0.15) is 27.7 Å². The molecular formula is C32H34NO9P. The van der Waals surface area contributed by atoms with Crippen LogP contribution in [0.15, 0.2) is 95.7 Å². The first kappa shape index (κ1) is 31.7. The fraction of sp³-hybridized carbons (Fsp3) is 0.312. The molecule has 1 aliphatic rings. The molecule has 10 nitrogen and oxygen atoms in total. The molecule has 0 radical (unpaired) electrons. The SMILES string of the molecule is CC(=O)OC[C@H]1O[C@@H](N=P(c2ccccc2)(c2ccccc2)c2ccccc2)[C@H](OC(C)=O)[C@@H](OC(C)=O)[C@@H]1OC(C)=O. The Balaban J connectivity index is 2.04. The summed E-state index contributed by atoms with van der Waals surface area (Å²) in [5, 5.41) is 2.67. The number of rotatable bonds is 9. The maximum absolute atomic E-state index is 12.5. The first-order chi connectivity index (χ1) is 20.6. The van der Waals surface area contributed by atoms with Gasteiger partial charge in [-0.2, -0.15) is 0 Å². The van der Waals surface area contributed by atoms with Gasteiger partial charge in [-0.05, 0) is 0 Å². The lowest BCUT2D eigenvalue weighted by atomic mass is 9.97.